The van der Waals surface area contributed by atoms with Crippen molar-refractivity contribution in [1.29, 1.82) is 0 Å². The molecule has 0 aliphatic carbocycles. The van der Waals surface area contributed by atoms with Crippen LogP contribution in [0.15, 0.2) is 29.3 Å². The van der Waals surface area contributed by atoms with Crippen molar-refractivity contribution in [3.05, 3.63) is 29.8 Å². The van der Waals surface area contributed by atoms with Crippen LogP contribution >= 0.6 is 24.0 Å². The molecule has 1 aliphatic heterocycles. The van der Waals surface area contributed by atoms with E-state index >= 15 is 0 Å². The molecule has 0 saturated carbocycles. The molecule has 0 aromatic heterocycles. The highest BCUT2D eigenvalue weighted by Gasteiger charge is 2.21. The Morgan fingerprint density at radius 2 is 2.14 bits per heavy atom. The normalized spacial score (nSPS) is 14.3. The Bertz CT molecular complexity index is 531. The van der Waals surface area contributed by atoms with E-state index in [-0.39, 0.29) is 36.4 Å². The molecule has 1 amide bonds. The number of nitrogens with zero attached hydrogens (tertiary/aromatic N) is 2. The van der Waals surface area contributed by atoms with Gasteiger partial charge in [0, 0.05) is 18.8 Å². The standard InChI is InChI=1S/C16H24N4O.HI/c1-12(2)10-18-16(17)19-11-15(21)20-9-5-7-13-6-3-4-8-14(13)20;/h3-4,6,8,12H,5,7,9-11H2,1-2H3,(H3,17,18,19);1H. The number of rotatable bonds is 4. The fourth-order valence-corrected chi connectivity index (χ4v) is 2.40. The summed E-state index contributed by atoms with van der Waals surface area (Å²) in [6, 6.07) is 8.05. The molecule has 0 bridgehead atoms. The summed E-state index contributed by atoms with van der Waals surface area (Å²) in [5.41, 5.74) is 8.00. The van der Waals surface area contributed by atoms with Crippen LogP contribution in [-0.4, -0.2) is 31.5 Å². The second-order valence-corrected chi connectivity index (χ2v) is 5.75. The van der Waals surface area contributed by atoms with Gasteiger partial charge in [0.2, 0.25) is 5.91 Å². The van der Waals surface area contributed by atoms with Crippen LogP contribution in [-0.2, 0) is 11.2 Å². The number of hydrogen-bond acceptors (Lipinski definition) is 2. The molecule has 0 unspecified atom stereocenters. The Labute approximate surface area is 149 Å². The van der Waals surface area contributed by atoms with Gasteiger partial charge in [-0.15, -0.1) is 24.0 Å². The lowest BCUT2D eigenvalue weighted by Crippen LogP contribution is -2.39. The summed E-state index contributed by atoms with van der Waals surface area (Å²) in [4.78, 5) is 18.3. The third-order valence-corrected chi connectivity index (χ3v) is 3.49. The van der Waals surface area contributed by atoms with Crippen LogP contribution in [0.1, 0.15) is 25.8 Å². The molecule has 0 fully saturated rings. The Hall–Kier alpha value is -1.31. The largest absolute Gasteiger partial charge is 0.370 e. The van der Waals surface area contributed by atoms with Crippen molar-refractivity contribution in [3.63, 3.8) is 0 Å². The first-order chi connectivity index (χ1) is 10.1. The van der Waals surface area contributed by atoms with Gasteiger partial charge in [-0.05, 0) is 30.4 Å². The van der Waals surface area contributed by atoms with E-state index in [1.54, 1.807) is 0 Å². The lowest BCUT2D eigenvalue weighted by Gasteiger charge is -2.29. The summed E-state index contributed by atoms with van der Waals surface area (Å²) in [5, 5.41) is 3.02. The Kier molecular flexibility index (Phi) is 7.64. The maximum Gasteiger partial charge on any atom is 0.248 e. The van der Waals surface area contributed by atoms with Gasteiger partial charge < -0.3 is 16.0 Å². The summed E-state index contributed by atoms with van der Waals surface area (Å²) in [6.07, 6.45) is 2.02. The lowest BCUT2D eigenvalue weighted by atomic mass is 10.0. The van der Waals surface area contributed by atoms with Crippen LogP contribution in [0.4, 0.5) is 5.69 Å². The number of para-hydroxylation sites is 1. The van der Waals surface area contributed by atoms with E-state index in [2.05, 4.69) is 30.2 Å². The van der Waals surface area contributed by atoms with E-state index in [0.29, 0.717) is 11.9 Å². The first-order valence-corrected chi connectivity index (χ1v) is 7.50. The fourth-order valence-electron chi connectivity index (χ4n) is 2.40. The van der Waals surface area contributed by atoms with Crippen molar-refractivity contribution < 1.29 is 4.79 Å². The van der Waals surface area contributed by atoms with Crippen molar-refractivity contribution in [2.75, 3.05) is 24.5 Å². The highest BCUT2D eigenvalue weighted by Crippen LogP contribution is 2.26. The molecular formula is C16H25IN4O. The minimum atomic E-state index is -0.00329. The Morgan fingerprint density at radius 3 is 2.86 bits per heavy atom. The summed E-state index contributed by atoms with van der Waals surface area (Å²) >= 11 is 0. The molecule has 6 heteroatoms. The number of nitrogens with two attached hydrogens (primary N) is 1. The van der Waals surface area contributed by atoms with Crippen molar-refractivity contribution >= 4 is 41.5 Å². The smallest absolute Gasteiger partial charge is 0.248 e. The Balaban J connectivity index is 0.00000242. The van der Waals surface area contributed by atoms with E-state index < -0.39 is 0 Å². The summed E-state index contributed by atoms with van der Waals surface area (Å²) in [7, 11) is 0. The third-order valence-electron chi connectivity index (χ3n) is 3.49. The van der Waals surface area contributed by atoms with Gasteiger partial charge in [0.1, 0.15) is 6.54 Å². The van der Waals surface area contributed by atoms with Gasteiger partial charge in [-0.1, -0.05) is 32.0 Å². The molecule has 1 heterocycles. The molecule has 5 nitrogen and oxygen atoms in total. The van der Waals surface area contributed by atoms with Gasteiger partial charge >= 0.3 is 0 Å². The third kappa shape index (κ3) is 5.15. The zero-order valence-corrected chi connectivity index (χ0v) is 15.5. The number of aliphatic imine (C=N–C) groups is 1. The molecule has 3 N–H and O–H groups in total. The zero-order chi connectivity index (χ0) is 15.2. The highest BCUT2D eigenvalue weighted by atomic mass is 127. The van der Waals surface area contributed by atoms with E-state index in [4.69, 9.17) is 5.73 Å². The van der Waals surface area contributed by atoms with Crippen LogP contribution in [0.3, 0.4) is 0 Å². The molecule has 1 aromatic rings. The van der Waals surface area contributed by atoms with Gasteiger partial charge in [0.05, 0.1) is 0 Å². The van der Waals surface area contributed by atoms with Crippen LogP contribution in [0.2, 0.25) is 0 Å². The number of hydrogen-bond donors (Lipinski definition) is 2. The SMILES string of the molecule is CC(C)CNC(N)=NCC(=O)N1CCCc2ccccc21.I. The number of halogens is 1. The van der Waals surface area contributed by atoms with Crippen LogP contribution in [0, 0.1) is 5.92 Å². The van der Waals surface area contributed by atoms with Gasteiger partial charge in [-0.25, -0.2) is 4.99 Å². The van der Waals surface area contributed by atoms with Crippen LogP contribution in [0.5, 0.6) is 0 Å². The molecule has 0 radical (unpaired) electrons. The second kappa shape index (κ2) is 8.97. The van der Waals surface area contributed by atoms with Crippen molar-refractivity contribution in [3.8, 4) is 0 Å². The summed E-state index contributed by atoms with van der Waals surface area (Å²) < 4.78 is 0. The number of carbonyl (C=O) groups excluding carboxylic acids is 1. The van der Waals surface area contributed by atoms with Gasteiger partial charge in [0.25, 0.3) is 0 Å². The number of benzene rings is 1. The van der Waals surface area contributed by atoms with Gasteiger partial charge in [-0.3, -0.25) is 4.79 Å². The summed E-state index contributed by atoms with van der Waals surface area (Å²) in [5.74, 6) is 0.821. The van der Waals surface area contributed by atoms with Gasteiger partial charge in [0.15, 0.2) is 5.96 Å². The van der Waals surface area contributed by atoms with Gasteiger partial charge in [-0.2, -0.15) is 0 Å². The van der Waals surface area contributed by atoms with E-state index in [9.17, 15) is 4.79 Å². The first-order valence-electron chi connectivity index (χ1n) is 7.50. The molecule has 2 rings (SSSR count). The van der Waals surface area contributed by atoms with Crippen LogP contribution < -0.4 is 16.0 Å². The number of guanidine groups is 1. The van der Waals surface area contributed by atoms with E-state index in [1.807, 2.05) is 23.1 Å². The van der Waals surface area contributed by atoms with Crippen molar-refractivity contribution in [1.82, 2.24) is 5.32 Å². The number of carbonyl (C=O) groups is 1. The molecular weight excluding hydrogens is 391 g/mol. The average molecular weight is 416 g/mol. The molecule has 22 heavy (non-hydrogen) atoms. The van der Waals surface area contributed by atoms with E-state index in [1.165, 1.54) is 5.56 Å². The number of amides is 1. The number of nitrogens with one attached hydrogen (secondary N) is 1. The number of anilines is 1. The second-order valence-electron chi connectivity index (χ2n) is 5.75. The van der Waals surface area contributed by atoms with Crippen molar-refractivity contribution in [2.45, 2.75) is 26.7 Å². The maximum absolute atomic E-state index is 12.3. The Morgan fingerprint density at radius 1 is 1.41 bits per heavy atom. The fraction of sp³-hybridized carbons (Fsp3) is 0.500. The average Bonchev–Trinajstić information content (AvgIpc) is 2.50. The van der Waals surface area contributed by atoms with Crippen LogP contribution in [0.25, 0.3) is 0 Å². The first kappa shape index (κ1) is 18.7. The zero-order valence-electron chi connectivity index (χ0n) is 13.2. The molecule has 0 spiro atoms. The minimum Gasteiger partial charge on any atom is -0.370 e. The van der Waals surface area contributed by atoms with Crippen molar-refractivity contribution in [2.24, 2.45) is 16.6 Å². The van der Waals surface area contributed by atoms with E-state index in [0.717, 1.165) is 31.6 Å². The molecule has 1 aromatic carbocycles. The molecule has 0 atom stereocenters. The molecule has 122 valence electrons. The minimum absolute atomic E-state index is 0. The monoisotopic (exact) mass is 416 g/mol. The number of fused-ring (bicyclic) bond motifs is 1. The maximum atomic E-state index is 12.3. The summed E-state index contributed by atoms with van der Waals surface area (Å²) in [6.45, 7) is 5.79. The topological polar surface area (TPSA) is 70.7 Å². The lowest BCUT2D eigenvalue weighted by molar-refractivity contribution is -0.117. The number of aryl methyl sites for hydroxylation is 1. The molecule has 1 aliphatic rings. The predicted octanol–water partition coefficient (Wildman–Crippen LogP) is 2.14. The predicted molar refractivity (Wildman–Crippen MR) is 102 cm³/mol. The molecule has 0 saturated heterocycles. The quantitative estimate of drug-likeness (QED) is 0.449. The highest BCUT2D eigenvalue weighted by molar-refractivity contribution is 14.0.